The Bertz CT molecular complexity index is 166. The van der Waals surface area contributed by atoms with Crippen LogP contribution in [0.15, 0.2) is 0 Å². The predicted octanol–water partition coefficient (Wildman–Crippen LogP) is -0.0442. The number of hydrogen-bond acceptors (Lipinski definition) is 4. The van der Waals surface area contributed by atoms with Gasteiger partial charge in [-0.1, -0.05) is 0 Å². The van der Waals surface area contributed by atoms with Gasteiger partial charge in [0.2, 0.25) is 0 Å². The van der Waals surface area contributed by atoms with Gasteiger partial charge in [0.05, 0.1) is 12.6 Å². The molecule has 76 valence electrons. The van der Waals surface area contributed by atoms with Crippen LogP contribution in [0.1, 0.15) is 12.8 Å². The summed E-state index contributed by atoms with van der Waals surface area (Å²) in [7, 11) is 1.61. The molecule has 1 fully saturated rings. The fraction of sp³-hybridized carbons (Fsp3) is 0.889. The second kappa shape index (κ2) is 5.32. The molecule has 0 aromatic rings. The number of hydrogen-bond donors (Lipinski definition) is 1. The summed E-state index contributed by atoms with van der Waals surface area (Å²) in [6.07, 6.45) is 1.42. The fourth-order valence-electron chi connectivity index (χ4n) is 1.45. The Morgan fingerprint density at radius 3 is 3.08 bits per heavy atom. The van der Waals surface area contributed by atoms with E-state index in [4.69, 9.17) is 15.2 Å². The fourth-order valence-corrected chi connectivity index (χ4v) is 1.45. The minimum Gasteiger partial charge on any atom is -0.385 e. The maximum Gasteiger partial charge on any atom is 0.155 e. The van der Waals surface area contributed by atoms with Crippen LogP contribution in [0.2, 0.25) is 0 Å². The summed E-state index contributed by atoms with van der Waals surface area (Å²) in [6.45, 7) is 1.77. The quantitative estimate of drug-likeness (QED) is 0.656. The molecule has 2 N–H and O–H groups in total. The maximum absolute atomic E-state index is 11.6. The molecule has 0 aliphatic carbocycles. The van der Waals surface area contributed by atoms with E-state index in [0.29, 0.717) is 26.2 Å². The molecule has 1 heterocycles. The average molecular weight is 187 g/mol. The summed E-state index contributed by atoms with van der Waals surface area (Å²) in [4.78, 5) is 11.6. The molecule has 1 rings (SSSR count). The van der Waals surface area contributed by atoms with Crippen LogP contribution >= 0.6 is 0 Å². The van der Waals surface area contributed by atoms with Crippen LogP contribution in [-0.2, 0) is 14.3 Å². The van der Waals surface area contributed by atoms with E-state index in [1.807, 2.05) is 0 Å². The Kier molecular flexibility index (Phi) is 4.35. The molecular weight excluding hydrogens is 170 g/mol. The number of nitrogens with two attached hydrogens (primary N) is 1. The summed E-state index contributed by atoms with van der Waals surface area (Å²) in [6, 6.07) is -0.383. The number of Topliss-reactive ketones (excluding diaryl/α,β-unsaturated/α-hetero) is 1. The molecule has 0 radical (unpaired) electrons. The lowest BCUT2D eigenvalue weighted by Gasteiger charge is -2.13. The minimum atomic E-state index is -0.383. The number of carbonyl (C=O) groups is 1. The summed E-state index contributed by atoms with van der Waals surface area (Å²) in [5.74, 6) is 0.140. The van der Waals surface area contributed by atoms with Crippen molar-refractivity contribution in [1.82, 2.24) is 0 Å². The van der Waals surface area contributed by atoms with Gasteiger partial charge in [-0.2, -0.15) is 0 Å². The third-order valence-corrected chi connectivity index (χ3v) is 2.33. The summed E-state index contributed by atoms with van der Waals surface area (Å²) in [5, 5.41) is 0. The van der Waals surface area contributed by atoms with Crippen molar-refractivity contribution in [3.8, 4) is 0 Å². The number of ketones is 1. The highest BCUT2D eigenvalue weighted by molar-refractivity contribution is 5.86. The van der Waals surface area contributed by atoms with E-state index in [1.54, 1.807) is 7.11 Å². The van der Waals surface area contributed by atoms with Gasteiger partial charge in [-0.3, -0.25) is 4.79 Å². The molecule has 2 unspecified atom stereocenters. The van der Waals surface area contributed by atoms with Crippen LogP contribution in [-0.4, -0.2) is 38.8 Å². The molecule has 2 atom stereocenters. The first-order valence-corrected chi connectivity index (χ1v) is 4.61. The van der Waals surface area contributed by atoms with E-state index in [-0.39, 0.29) is 17.7 Å². The first kappa shape index (κ1) is 10.6. The summed E-state index contributed by atoms with van der Waals surface area (Å²) < 4.78 is 9.99. The molecule has 4 nitrogen and oxygen atoms in total. The van der Waals surface area contributed by atoms with Gasteiger partial charge < -0.3 is 15.2 Å². The molecule has 0 aromatic heterocycles. The smallest absolute Gasteiger partial charge is 0.155 e. The second-order valence-corrected chi connectivity index (χ2v) is 3.35. The second-order valence-electron chi connectivity index (χ2n) is 3.35. The van der Waals surface area contributed by atoms with Gasteiger partial charge in [0.25, 0.3) is 0 Å². The molecule has 4 heteroatoms. The van der Waals surface area contributed by atoms with Gasteiger partial charge in [0.15, 0.2) is 5.78 Å². The van der Waals surface area contributed by atoms with Gasteiger partial charge in [0.1, 0.15) is 0 Å². The zero-order chi connectivity index (χ0) is 9.68. The van der Waals surface area contributed by atoms with E-state index >= 15 is 0 Å². The Balaban J connectivity index is 2.28. The van der Waals surface area contributed by atoms with E-state index in [1.165, 1.54) is 0 Å². The highest BCUT2D eigenvalue weighted by atomic mass is 16.5. The van der Waals surface area contributed by atoms with Gasteiger partial charge in [-0.15, -0.1) is 0 Å². The van der Waals surface area contributed by atoms with Crippen molar-refractivity contribution in [2.75, 3.05) is 26.9 Å². The standard InChI is InChI=1S/C9H17NO3/c1-12-4-3-8(10)9(11)7-2-5-13-6-7/h7-8H,2-6,10H2,1H3. The van der Waals surface area contributed by atoms with Crippen molar-refractivity contribution in [1.29, 1.82) is 0 Å². The van der Waals surface area contributed by atoms with Gasteiger partial charge >= 0.3 is 0 Å². The van der Waals surface area contributed by atoms with Crippen LogP contribution in [0.25, 0.3) is 0 Å². The van der Waals surface area contributed by atoms with Crippen molar-refractivity contribution < 1.29 is 14.3 Å². The number of rotatable bonds is 5. The van der Waals surface area contributed by atoms with Crippen LogP contribution in [0.5, 0.6) is 0 Å². The molecule has 0 saturated carbocycles. The monoisotopic (exact) mass is 187 g/mol. The normalized spacial score (nSPS) is 24.6. The predicted molar refractivity (Wildman–Crippen MR) is 48.4 cm³/mol. The first-order valence-electron chi connectivity index (χ1n) is 4.61. The molecule has 0 aromatic carbocycles. The lowest BCUT2D eigenvalue weighted by Crippen LogP contribution is -2.36. The molecular formula is C9H17NO3. The lowest BCUT2D eigenvalue weighted by atomic mass is 9.96. The number of ether oxygens (including phenoxy) is 2. The topological polar surface area (TPSA) is 61.5 Å². The zero-order valence-corrected chi connectivity index (χ0v) is 7.99. The van der Waals surface area contributed by atoms with E-state index in [0.717, 1.165) is 6.42 Å². The molecule has 1 aliphatic heterocycles. The number of carbonyl (C=O) groups excluding carboxylic acids is 1. The molecule has 0 spiro atoms. The minimum absolute atomic E-state index is 0.0202. The average Bonchev–Trinajstić information content (AvgIpc) is 2.65. The van der Waals surface area contributed by atoms with Crippen molar-refractivity contribution in [2.24, 2.45) is 11.7 Å². The van der Waals surface area contributed by atoms with Gasteiger partial charge in [0, 0.05) is 26.2 Å². The van der Waals surface area contributed by atoms with Crippen molar-refractivity contribution >= 4 is 5.78 Å². The first-order chi connectivity index (χ1) is 6.25. The zero-order valence-electron chi connectivity index (χ0n) is 7.99. The molecule has 0 bridgehead atoms. The Hall–Kier alpha value is -0.450. The largest absolute Gasteiger partial charge is 0.385 e. The molecule has 13 heavy (non-hydrogen) atoms. The van der Waals surface area contributed by atoms with E-state index in [9.17, 15) is 4.79 Å². The molecule has 0 amide bonds. The summed E-state index contributed by atoms with van der Waals surface area (Å²) in [5.41, 5.74) is 5.70. The Morgan fingerprint density at radius 2 is 2.54 bits per heavy atom. The van der Waals surface area contributed by atoms with Crippen LogP contribution in [0.3, 0.4) is 0 Å². The third kappa shape index (κ3) is 3.06. The van der Waals surface area contributed by atoms with Gasteiger partial charge in [-0.05, 0) is 12.8 Å². The van der Waals surface area contributed by atoms with E-state index < -0.39 is 0 Å². The molecule has 1 aliphatic rings. The van der Waals surface area contributed by atoms with Crippen molar-refractivity contribution in [3.05, 3.63) is 0 Å². The van der Waals surface area contributed by atoms with Crippen molar-refractivity contribution in [3.63, 3.8) is 0 Å². The highest BCUT2D eigenvalue weighted by Crippen LogP contribution is 2.15. The molecule has 1 saturated heterocycles. The third-order valence-electron chi connectivity index (χ3n) is 2.33. The Labute approximate surface area is 78.4 Å². The SMILES string of the molecule is COCCC(N)C(=O)C1CCOC1. The van der Waals surface area contributed by atoms with Crippen LogP contribution in [0, 0.1) is 5.92 Å². The lowest BCUT2D eigenvalue weighted by molar-refractivity contribution is -0.124. The van der Waals surface area contributed by atoms with Crippen LogP contribution < -0.4 is 5.73 Å². The highest BCUT2D eigenvalue weighted by Gasteiger charge is 2.27. The van der Waals surface area contributed by atoms with Crippen molar-refractivity contribution in [2.45, 2.75) is 18.9 Å². The maximum atomic E-state index is 11.6. The Morgan fingerprint density at radius 1 is 1.77 bits per heavy atom. The van der Waals surface area contributed by atoms with Crippen LogP contribution in [0.4, 0.5) is 0 Å². The summed E-state index contributed by atoms with van der Waals surface area (Å²) >= 11 is 0. The number of methoxy groups -OCH3 is 1. The van der Waals surface area contributed by atoms with Gasteiger partial charge in [-0.25, -0.2) is 0 Å². The van der Waals surface area contributed by atoms with E-state index in [2.05, 4.69) is 0 Å².